The van der Waals surface area contributed by atoms with Gasteiger partial charge in [0.1, 0.15) is 18.1 Å². The van der Waals surface area contributed by atoms with E-state index in [1.807, 2.05) is 40.1 Å². The smallest absolute Gasteiger partial charge is 0.317 e. The average molecular weight is 1020 g/mol. The Morgan fingerprint density at radius 3 is 1.58 bits per heavy atom. The number of aliphatic carboxylic acids is 3. The van der Waals surface area contributed by atoms with Crippen molar-refractivity contribution in [2.75, 3.05) is 105 Å². The number of likely N-dealkylation sites (tertiary alicyclic amines) is 1. The minimum Gasteiger partial charge on any atom is -0.480 e. The van der Waals surface area contributed by atoms with Gasteiger partial charge in [-0.15, -0.1) is 0 Å². The van der Waals surface area contributed by atoms with Gasteiger partial charge in [0.25, 0.3) is 0 Å². The highest BCUT2D eigenvalue weighted by Crippen LogP contribution is 2.20. The van der Waals surface area contributed by atoms with Crippen LogP contribution in [0.2, 0.25) is 0 Å². The fraction of sp³-hybridized carbons (Fsp3) is 0.531. The van der Waals surface area contributed by atoms with Gasteiger partial charge in [0.05, 0.1) is 32.7 Å². The molecule has 398 valence electrons. The number of carbonyl (C=O) groups is 9. The maximum Gasteiger partial charge on any atom is 0.317 e. The Hall–Kier alpha value is -6.99. The second-order valence-electron chi connectivity index (χ2n) is 18.5. The number of carboxylic acids is 3. The van der Waals surface area contributed by atoms with E-state index in [0.29, 0.717) is 39.0 Å². The van der Waals surface area contributed by atoms with Gasteiger partial charge in [-0.2, -0.15) is 0 Å². The van der Waals surface area contributed by atoms with E-state index in [1.54, 1.807) is 45.2 Å². The average Bonchev–Trinajstić information content (AvgIpc) is 3.75. The van der Waals surface area contributed by atoms with Crippen LogP contribution >= 0.6 is 0 Å². The molecule has 24 nitrogen and oxygen atoms in total. The molecule has 6 amide bonds. The molecule has 2 aliphatic rings. The van der Waals surface area contributed by atoms with Gasteiger partial charge in [0, 0.05) is 115 Å². The molecule has 0 spiro atoms. The van der Waals surface area contributed by atoms with Gasteiger partial charge in [0.15, 0.2) is 0 Å². The van der Waals surface area contributed by atoms with Gasteiger partial charge < -0.3 is 52.6 Å². The number of hydrogen-bond acceptors (Lipinski definition) is 14. The second kappa shape index (κ2) is 28.9. The topological polar surface area (TPSA) is 332 Å². The molecule has 3 atom stereocenters. The van der Waals surface area contributed by atoms with Crippen LogP contribution in [0, 0.1) is 0 Å². The number of fused-ring (bicyclic) bond motifs is 1. The quantitative estimate of drug-likeness (QED) is 0.0443. The maximum absolute atomic E-state index is 14.1. The first-order chi connectivity index (χ1) is 34.9. The number of nitrogens with two attached hydrogens (primary N) is 1. The number of rotatable bonds is 24. The Balaban J connectivity index is 1.17. The number of para-hydroxylation sites is 1. The van der Waals surface area contributed by atoms with Crippen LogP contribution < -0.4 is 32.3 Å². The summed E-state index contributed by atoms with van der Waals surface area (Å²) in [5, 5.41) is 43.3. The highest BCUT2D eigenvalue weighted by molar-refractivity contribution is 5.95. The molecule has 0 saturated carbocycles. The number of nitrogens with one attached hydrogen (secondary N) is 6. The molecule has 24 heteroatoms. The molecule has 11 N–H and O–H groups in total. The third-order valence-corrected chi connectivity index (χ3v) is 12.9. The molecular weight excluding hydrogens is 949 g/mol. The van der Waals surface area contributed by atoms with Crippen molar-refractivity contribution in [3.05, 3.63) is 71.9 Å². The lowest BCUT2D eigenvalue weighted by Crippen LogP contribution is -2.58. The number of likely N-dealkylation sites (N-methyl/N-ethyl adjacent to an activating group) is 1. The fourth-order valence-electron chi connectivity index (χ4n) is 9.00. The zero-order chi connectivity index (χ0) is 52.9. The van der Waals surface area contributed by atoms with Crippen molar-refractivity contribution in [2.45, 2.75) is 62.7 Å². The summed E-state index contributed by atoms with van der Waals surface area (Å²) < 4.78 is 0. The third kappa shape index (κ3) is 19.9. The van der Waals surface area contributed by atoms with E-state index in [2.05, 4.69) is 31.6 Å². The van der Waals surface area contributed by atoms with Crippen LogP contribution in [0.5, 0.6) is 0 Å². The van der Waals surface area contributed by atoms with E-state index in [-0.39, 0.29) is 110 Å². The molecule has 3 heterocycles. The van der Waals surface area contributed by atoms with Crippen molar-refractivity contribution in [3.8, 4) is 0 Å². The van der Waals surface area contributed by atoms with Crippen LogP contribution in [0.4, 0.5) is 0 Å². The zero-order valence-electron chi connectivity index (χ0n) is 41.3. The first kappa shape index (κ1) is 56.9. The lowest BCUT2D eigenvalue weighted by Gasteiger charge is -2.34. The first-order valence-electron chi connectivity index (χ1n) is 24.5. The van der Waals surface area contributed by atoms with Crippen molar-refractivity contribution in [2.24, 2.45) is 5.73 Å². The van der Waals surface area contributed by atoms with Gasteiger partial charge in [-0.25, -0.2) is 0 Å². The number of primary amides is 1. The Morgan fingerprint density at radius 1 is 0.575 bits per heavy atom. The molecule has 0 unspecified atom stereocenters. The lowest BCUT2D eigenvalue weighted by atomic mass is 10.0. The summed E-state index contributed by atoms with van der Waals surface area (Å²) in [5.41, 5.74) is 7.81. The predicted octanol–water partition coefficient (Wildman–Crippen LogP) is -2.53. The second-order valence-corrected chi connectivity index (χ2v) is 18.5. The summed E-state index contributed by atoms with van der Waals surface area (Å²) in [7, 11) is 1.44. The SMILES string of the molecule is CNC(=O)[C@H](Cc1c[nH]c2ccccc12)NC(=O)[C@H](CCC(N)=O)NC(=O)[C@@H](Cc1ccccc1)NC(=O)CN1CCC(NC(=O)CN2CCN(CC(=O)O)CCN(CC(=O)O)CCN(CC(=O)O)CC2)CC1. The number of hydrogen-bond donors (Lipinski definition) is 10. The number of piperidine rings is 1. The number of H-pyrrole nitrogens is 1. The van der Waals surface area contributed by atoms with Gasteiger partial charge >= 0.3 is 17.9 Å². The minimum absolute atomic E-state index is 0.0365. The van der Waals surface area contributed by atoms with Crippen molar-refractivity contribution in [1.29, 1.82) is 0 Å². The number of amides is 6. The molecule has 2 fully saturated rings. The Bertz CT molecular complexity index is 2330. The van der Waals surface area contributed by atoms with Crippen molar-refractivity contribution < 1.29 is 58.5 Å². The van der Waals surface area contributed by atoms with Crippen LogP contribution in [-0.2, 0) is 56.0 Å². The molecular formula is C49H70N12O12. The molecule has 3 aromatic rings. The highest BCUT2D eigenvalue weighted by Gasteiger charge is 2.32. The summed E-state index contributed by atoms with van der Waals surface area (Å²) in [6.07, 6.45) is 2.52. The molecule has 5 rings (SSSR count). The minimum atomic E-state index is -1.30. The number of aromatic amines is 1. The first-order valence-corrected chi connectivity index (χ1v) is 24.5. The predicted molar refractivity (Wildman–Crippen MR) is 267 cm³/mol. The van der Waals surface area contributed by atoms with Crippen molar-refractivity contribution in [1.82, 2.24) is 56.1 Å². The summed E-state index contributed by atoms with van der Waals surface area (Å²) in [6.45, 7) is 2.06. The van der Waals surface area contributed by atoms with Crippen LogP contribution in [0.3, 0.4) is 0 Å². The summed E-state index contributed by atoms with van der Waals surface area (Å²) >= 11 is 0. The molecule has 2 saturated heterocycles. The van der Waals surface area contributed by atoms with E-state index in [1.165, 1.54) is 7.05 Å². The monoisotopic (exact) mass is 1020 g/mol. The van der Waals surface area contributed by atoms with Gasteiger partial charge in [-0.05, 0) is 36.5 Å². The Morgan fingerprint density at radius 2 is 1.04 bits per heavy atom. The molecule has 0 radical (unpaired) electrons. The van der Waals surface area contributed by atoms with E-state index >= 15 is 0 Å². The zero-order valence-corrected chi connectivity index (χ0v) is 41.3. The van der Waals surface area contributed by atoms with E-state index < -0.39 is 65.6 Å². The third-order valence-electron chi connectivity index (χ3n) is 12.9. The molecule has 2 aliphatic heterocycles. The Labute approximate surface area is 423 Å². The Kier molecular flexibility index (Phi) is 22.5. The van der Waals surface area contributed by atoms with Crippen molar-refractivity contribution in [3.63, 3.8) is 0 Å². The molecule has 73 heavy (non-hydrogen) atoms. The number of carboxylic acid groups (broad SMARTS) is 3. The number of carbonyl (C=O) groups excluding carboxylic acids is 6. The van der Waals surface area contributed by atoms with Crippen LogP contribution in [0.15, 0.2) is 60.8 Å². The van der Waals surface area contributed by atoms with Crippen LogP contribution in [-0.4, -0.2) is 228 Å². The molecule has 1 aromatic heterocycles. The number of aromatic nitrogens is 1. The summed E-state index contributed by atoms with van der Waals surface area (Å²) in [4.78, 5) is 127. The van der Waals surface area contributed by atoms with Gasteiger partial charge in [0.2, 0.25) is 35.4 Å². The van der Waals surface area contributed by atoms with Crippen LogP contribution in [0.25, 0.3) is 10.9 Å². The number of benzene rings is 2. The summed E-state index contributed by atoms with van der Waals surface area (Å²) in [6, 6.07) is 12.7. The standard InChI is InChI=1S/C49H70N12O12/c1-51-47(71)40(26-34-27-52-37-10-6-5-9-36(34)37)56-48(72)38(11-12-41(50)62)55-49(73)39(25-33-7-3-2-4-8-33)54-43(64)29-57-15-13-35(14-16-57)53-42(63)28-58-17-19-59(30-44(65)66)21-23-61(32-46(69)70)24-22-60(20-18-58)31-45(67)68/h2-10,27,35,38-40,52H,11-26,28-32H2,1H3,(H2,50,62)(H,51,71)(H,53,63)(H,54,64)(H,55,73)(H,56,72)(H,65,66)(H,67,68)(H,69,70)/t38-,39+,40-/m0/s1. The summed E-state index contributed by atoms with van der Waals surface area (Å²) in [5.74, 6) is -6.49. The van der Waals surface area contributed by atoms with Gasteiger partial charge in [-0.1, -0.05) is 48.5 Å². The van der Waals surface area contributed by atoms with E-state index in [4.69, 9.17) is 5.73 Å². The number of nitrogens with zero attached hydrogens (tertiary/aromatic N) is 5. The fourth-order valence-corrected chi connectivity index (χ4v) is 9.00. The molecule has 0 aliphatic carbocycles. The van der Waals surface area contributed by atoms with E-state index in [0.717, 1.165) is 22.0 Å². The lowest BCUT2D eigenvalue weighted by molar-refractivity contribution is -0.140. The highest BCUT2D eigenvalue weighted by atomic mass is 16.4. The maximum atomic E-state index is 14.1. The van der Waals surface area contributed by atoms with Gasteiger partial charge in [-0.3, -0.25) is 67.7 Å². The normalized spacial score (nSPS) is 17.4. The molecule has 2 aromatic carbocycles. The molecule has 0 bridgehead atoms. The van der Waals surface area contributed by atoms with E-state index in [9.17, 15) is 58.5 Å². The largest absolute Gasteiger partial charge is 0.480 e. The van der Waals surface area contributed by atoms with Crippen molar-refractivity contribution >= 4 is 64.3 Å². The van der Waals surface area contributed by atoms with Crippen LogP contribution in [0.1, 0.15) is 36.8 Å².